The van der Waals surface area contributed by atoms with Crippen LogP contribution >= 0.6 is 15.9 Å². The third-order valence-electron chi connectivity index (χ3n) is 2.82. The zero-order valence-corrected chi connectivity index (χ0v) is 10.4. The van der Waals surface area contributed by atoms with Gasteiger partial charge in [0.2, 0.25) is 0 Å². The minimum atomic E-state index is -0.372. The van der Waals surface area contributed by atoms with Gasteiger partial charge in [0.15, 0.2) is 0 Å². The molecule has 0 spiro atoms. The topological polar surface area (TPSA) is 66.9 Å². The van der Waals surface area contributed by atoms with Crippen LogP contribution in [0.3, 0.4) is 0 Å². The highest BCUT2D eigenvalue weighted by molar-refractivity contribution is 9.10. The Morgan fingerprint density at radius 1 is 1.50 bits per heavy atom. The number of piperidine rings is 1. The van der Waals surface area contributed by atoms with Crippen LogP contribution in [0.15, 0.2) is 20.3 Å². The Hall–Kier alpha value is -0.880. The minimum Gasteiger partial charge on any atom is -0.316 e. The van der Waals surface area contributed by atoms with Gasteiger partial charge in [-0.3, -0.25) is 14.3 Å². The molecule has 2 heterocycles. The van der Waals surface area contributed by atoms with Gasteiger partial charge >= 0.3 is 5.69 Å². The number of aromatic amines is 1. The van der Waals surface area contributed by atoms with Gasteiger partial charge in [0, 0.05) is 12.7 Å². The molecule has 1 aromatic rings. The fraction of sp³-hybridized carbons (Fsp3) is 0.600. The lowest BCUT2D eigenvalue weighted by atomic mass is 10.00. The van der Waals surface area contributed by atoms with E-state index in [2.05, 4.69) is 26.2 Å². The fourth-order valence-electron chi connectivity index (χ4n) is 1.98. The number of hydrogen-bond donors (Lipinski definition) is 2. The molecule has 2 rings (SSSR count). The van der Waals surface area contributed by atoms with Crippen LogP contribution in [0.5, 0.6) is 0 Å². The first kappa shape index (κ1) is 11.6. The first-order valence-electron chi connectivity index (χ1n) is 5.37. The van der Waals surface area contributed by atoms with Crippen LogP contribution in [0.1, 0.15) is 12.8 Å². The van der Waals surface area contributed by atoms with Crippen molar-refractivity contribution < 1.29 is 0 Å². The van der Waals surface area contributed by atoms with Crippen molar-refractivity contribution in [3.05, 3.63) is 31.5 Å². The highest BCUT2D eigenvalue weighted by Gasteiger charge is 2.14. The molecule has 2 N–H and O–H groups in total. The van der Waals surface area contributed by atoms with Crippen LogP contribution in [0.2, 0.25) is 0 Å². The van der Waals surface area contributed by atoms with E-state index in [1.807, 2.05) is 0 Å². The minimum absolute atomic E-state index is 0.334. The second-order valence-electron chi connectivity index (χ2n) is 4.10. The molecule has 0 aliphatic carbocycles. The van der Waals surface area contributed by atoms with Gasteiger partial charge in [0.25, 0.3) is 5.56 Å². The lowest BCUT2D eigenvalue weighted by molar-refractivity contribution is 0.331. The molecule has 88 valence electrons. The van der Waals surface area contributed by atoms with E-state index in [9.17, 15) is 9.59 Å². The quantitative estimate of drug-likeness (QED) is 0.822. The first-order valence-corrected chi connectivity index (χ1v) is 6.16. The molecule has 5 nitrogen and oxygen atoms in total. The van der Waals surface area contributed by atoms with E-state index in [1.54, 1.807) is 10.8 Å². The smallest absolute Gasteiger partial charge is 0.316 e. The van der Waals surface area contributed by atoms with E-state index >= 15 is 0 Å². The third kappa shape index (κ3) is 2.62. The van der Waals surface area contributed by atoms with Gasteiger partial charge in [0.1, 0.15) is 0 Å². The molecular formula is C10H14BrN3O2. The summed E-state index contributed by atoms with van der Waals surface area (Å²) in [6.45, 7) is 2.64. The predicted molar refractivity (Wildman–Crippen MR) is 64.6 cm³/mol. The molecule has 0 amide bonds. The number of H-pyrrole nitrogens is 1. The number of halogens is 1. The van der Waals surface area contributed by atoms with Crippen molar-refractivity contribution in [3.8, 4) is 0 Å². The summed E-state index contributed by atoms with van der Waals surface area (Å²) in [5, 5.41) is 3.30. The van der Waals surface area contributed by atoms with Gasteiger partial charge in [-0.1, -0.05) is 0 Å². The van der Waals surface area contributed by atoms with Crippen molar-refractivity contribution in [2.24, 2.45) is 5.92 Å². The average Bonchev–Trinajstić information content (AvgIpc) is 2.27. The highest BCUT2D eigenvalue weighted by Crippen LogP contribution is 2.11. The lowest BCUT2D eigenvalue weighted by Crippen LogP contribution is -2.37. The maximum absolute atomic E-state index is 11.5. The first-order chi connectivity index (χ1) is 7.66. The summed E-state index contributed by atoms with van der Waals surface area (Å²) in [6.07, 6.45) is 3.83. The largest absolute Gasteiger partial charge is 0.328 e. The van der Waals surface area contributed by atoms with Crippen molar-refractivity contribution in [2.45, 2.75) is 19.4 Å². The van der Waals surface area contributed by atoms with E-state index in [-0.39, 0.29) is 11.2 Å². The van der Waals surface area contributed by atoms with Crippen LogP contribution < -0.4 is 16.6 Å². The summed E-state index contributed by atoms with van der Waals surface area (Å²) in [5.74, 6) is 0.462. The summed E-state index contributed by atoms with van der Waals surface area (Å²) in [6, 6.07) is 0. The van der Waals surface area contributed by atoms with Crippen LogP contribution in [0.25, 0.3) is 0 Å². The van der Waals surface area contributed by atoms with Crippen molar-refractivity contribution in [1.29, 1.82) is 0 Å². The molecule has 1 fully saturated rings. The molecule has 0 bridgehead atoms. The summed E-state index contributed by atoms with van der Waals surface area (Å²) >= 11 is 3.13. The Morgan fingerprint density at radius 2 is 2.31 bits per heavy atom. The van der Waals surface area contributed by atoms with Gasteiger partial charge in [-0.2, -0.15) is 0 Å². The number of aromatic nitrogens is 2. The Kier molecular flexibility index (Phi) is 3.60. The molecule has 1 saturated heterocycles. The Labute approximate surface area is 101 Å². The molecule has 16 heavy (non-hydrogen) atoms. The Balaban J connectivity index is 2.17. The molecule has 0 saturated carbocycles. The SMILES string of the molecule is O=c1[nH]c(=O)n(CC2CCCNC2)cc1Br. The maximum Gasteiger partial charge on any atom is 0.328 e. The number of nitrogens with zero attached hydrogens (tertiary/aromatic N) is 1. The van der Waals surface area contributed by atoms with Gasteiger partial charge in [0.05, 0.1) is 4.47 Å². The number of nitrogens with one attached hydrogen (secondary N) is 2. The van der Waals surface area contributed by atoms with E-state index in [4.69, 9.17) is 0 Å². The van der Waals surface area contributed by atoms with Gasteiger partial charge in [-0.05, 0) is 47.8 Å². The van der Waals surface area contributed by atoms with E-state index < -0.39 is 0 Å². The average molecular weight is 288 g/mol. The summed E-state index contributed by atoms with van der Waals surface area (Å²) in [7, 11) is 0. The van der Waals surface area contributed by atoms with Crippen LogP contribution in [-0.2, 0) is 6.54 Å². The van der Waals surface area contributed by atoms with Crippen molar-refractivity contribution >= 4 is 15.9 Å². The molecule has 1 aromatic heterocycles. The van der Waals surface area contributed by atoms with Crippen molar-refractivity contribution in [1.82, 2.24) is 14.9 Å². The Morgan fingerprint density at radius 3 is 3.00 bits per heavy atom. The molecule has 1 aliphatic heterocycles. The normalized spacial score (nSPS) is 20.9. The monoisotopic (exact) mass is 287 g/mol. The van der Waals surface area contributed by atoms with Gasteiger partial charge < -0.3 is 5.32 Å². The van der Waals surface area contributed by atoms with Crippen LogP contribution in [0.4, 0.5) is 0 Å². The summed E-state index contributed by atoms with van der Waals surface area (Å²) in [4.78, 5) is 25.0. The standard InChI is InChI=1S/C10H14BrN3O2/c11-8-6-14(10(16)13-9(8)15)5-7-2-1-3-12-4-7/h6-7,12H,1-5H2,(H,13,15,16). The highest BCUT2D eigenvalue weighted by atomic mass is 79.9. The molecule has 6 heteroatoms. The van der Waals surface area contributed by atoms with E-state index in [0.29, 0.717) is 16.9 Å². The van der Waals surface area contributed by atoms with Gasteiger partial charge in [-0.25, -0.2) is 4.79 Å². The zero-order valence-electron chi connectivity index (χ0n) is 8.83. The second-order valence-corrected chi connectivity index (χ2v) is 4.96. The van der Waals surface area contributed by atoms with Crippen molar-refractivity contribution in [3.63, 3.8) is 0 Å². The fourth-order valence-corrected chi connectivity index (χ4v) is 2.32. The molecule has 0 radical (unpaired) electrons. The number of hydrogen-bond acceptors (Lipinski definition) is 3. The number of rotatable bonds is 2. The summed E-state index contributed by atoms with van der Waals surface area (Å²) in [5.41, 5.74) is -0.707. The van der Waals surface area contributed by atoms with Gasteiger partial charge in [-0.15, -0.1) is 0 Å². The van der Waals surface area contributed by atoms with E-state index in [1.165, 1.54) is 0 Å². The lowest BCUT2D eigenvalue weighted by Gasteiger charge is -2.23. The summed E-state index contributed by atoms with van der Waals surface area (Å²) < 4.78 is 1.96. The second kappa shape index (κ2) is 4.97. The molecule has 0 aromatic carbocycles. The molecule has 1 unspecified atom stereocenters. The maximum atomic E-state index is 11.5. The molecule has 1 atom stereocenters. The van der Waals surface area contributed by atoms with Crippen LogP contribution in [-0.4, -0.2) is 22.6 Å². The molecular weight excluding hydrogens is 274 g/mol. The zero-order chi connectivity index (χ0) is 11.5. The van der Waals surface area contributed by atoms with E-state index in [0.717, 1.165) is 25.9 Å². The Bertz CT molecular complexity index is 474. The predicted octanol–water partition coefficient (Wildman–Crippen LogP) is 0.299. The third-order valence-corrected chi connectivity index (χ3v) is 3.39. The van der Waals surface area contributed by atoms with Crippen LogP contribution in [0, 0.1) is 5.92 Å². The van der Waals surface area contributed by atoms with Crippen molar-refractivity contribution in [2.75, 3.05) is 13.1 Å². The molecule has 1 aliphatic rings.